The van der Waals surface area contributed by atoms with Gasteiger partial charge in [-0.15, -0.1) is 0 Å². The minimum Gasteiger partial charge on any atom is -0.324 e. The fourth-order valence-corrected chi connectivity index (χ4v) is 5.03. The molecule has 1 N–H and O–H groups in total. The molecule has 1 saturated heterocycles. The second kappa shape index (κ2) is 5.84. The number of nitrogens with one attached hydrogen (secondary N) is 1. The van der Waals surface area contributed by atoms with E-state index < -0.39 is 6.04 Å². The summed E-state index contributed by atoms with van der Waals surface area (Å²) in [4.78, 5) is 39.4. The van der Waals surface area contributed by atoms with E-state index in [0.717, 1.165) is 24.8 Å². The number of carbonyl (C=O) groups is 3. The van der Waals surface area contributed by atoms with E-state index in [1.54, 1.807) is 19.1 Å². The second-order valence-electron chi connectivity index (χ2n) is 7.56. The Balaban J connectivity index is 1.51. The van der Waals surface area contributed by atoms with Crippen LogP contribution in [0.25, 0.3) is 0 Å². The van der Waals surface area contributed by atoms with E-state index in [0.29, 0.717) is 22.5 Å². The second-order valence-corrected chi connectivity index (χ2v) is 7.97. The van der Waals surface area contributed by atoms with Crippen LogP contribution in [0, 0.1) is 30.6 Å². The van der Waals surface area contributed by atoms with Crippen LogP contribution in [0.5, 0.6) is 0 Å². The predicted octanol–water partition coefficient (Wildman–Crippen LogP) is 3.01. The van der Waals surface area contributed by atoms with E-state index in [2.05, 4.69) is 5.32 Å². The largest absolute Gasteiger partial charge is 0.324 e. The van der Waals surface area contributed by atoms with Crippen LogP contribution >= 0.6 is 11.6 Å². The first-order valence-electron chi connectivity index (χ1n) is 8.82. The van der Waals surface area contributed by atoms with Crippen molar-refractivity contribution >= 4 is 35.0 Å². The first-order chi connectivity index (χ1) is 11.9. The van der Waals surface area contributed by atoms with E-state index in [4.69, 9.17) is 11.6 Å². The molecule has 1 aliphatic heterocycles. The van der Waals surface area contributed by atoms with Gasteiger partial charge in [0.2, 0.25) is 17.7 Å². The maximum absolute atomic E-state index is 12.8. The summed E-state index contributed by atoms with van der Waals surface area (Å²) in [6, 6.07) is 4.43. The highest BCUT2D eigenvalue weighted by atomic mass is 35.5. The highest BCUT2D eigenvalue weighted by Gasteiger charge is 2.62. The van der Waals surface area contributed by atoms with E-state index >= 15 is 0 Å². The van der Waals surface area contributed by atoms with Gasteiger partial charge in [-0.2, -0.15) is 0 Å². The summed E-state index contributed by atoms with van der Waals surface area (Å²) in [5.74, 6) is -0.441. The summed E-state index contributed by atoms with van der Waals surface area (Å²) in [6.45, 7) is 3.50. The lowest BCUT2D eigenvalue weighted by molar-refractivity contribution is -0.146. The molecule has 1 aromatic carbocycles. The Bertz CT molecular complexity index is 750. The van der Waals surface area contributed by atoms with Crippen LogP contribution in [-0.4, -0.2) is 28.7 Å². The molecule has 25 heavy (non-hydrogen) atoms. The van der Waals surface area contributed by atoms with Gasteiger partial charge in [-0.3, -0.25) is 19.3 Å². The lowest BCUT2D eigenvalue weighted by atomic mass is 9.81. The molecule has 3 amide bonds. The Kier molecular flexibility index (Phi) is 3.87. The Hall–Kier alpha value is -1.88. The van der Waals surface area contributed by atoms with Crippen molar-refractivity contribution in [2.75, 3.05) is 5.32 Å². The number of likely N-dealkylation sites (tertiary alicyclic amines) is 1. The zero-order chi connectivity index (χ0) is 17.9. The number of imide groups is 1. The molecule has 6 heteroatoms. The summed E-state index contributed by atoms with van der Waals surface area (Å²) in [5, 5.41) is 3.32. The number of aryl methyl sites for hydroxylation is 1. The third-order valence-electron chi connectivity index (χ3n) is 6.17. The minimum absolute atomic E-state index is 0.160. The molecular formula is C19H21ClN2O3. The van der Waals surface area contributed by atoms with Crippen LogP contribution in [0.2, 0.25) is 5.02 Å². The fourth-order valence-electron chi connectivity index (χ4n) is 4.85. The topological polar surface area (TPSA) is 66.5 Å². The number of nitrogens with zero attached hydrogens (tertiary/aromatic N) is 1. The van der Waals surface area contributed by atoms with Crippen molar-refractivity contribution in [2.24, 2.45) is 23.7 Å². The number of amides is 3. The molecule has 132 valence electrons. The smallest absolute Gasteiger partial charge is 0.247 e. The highest BCUT2D eigenvalue weighted by Crippen LogP contribution is 2.56. The zero-order valence-corrected chi connectivity index (χ0v) is 15.0. The number of hydrogen-bond donors (Lipinski definition) is 1. The molecule has 2 saturated carbocycles. The van der Waals surface area contributed by atoms with Gasteiger partial charge in [0, 0.05) is 10.7 Å². The quantitative estimate of drug-likeness (QED) is 0.842. The van der Waals surface area contributed by atoms with Crippen LogP contribution in [-0.2, 0) is 14.4 Å². The molecule has 4 rings (SSSR count). The summed E-state index contributed by atoms with van der Waals surface area (Å²) in [5.41, 5.74) is 1.48. The highest BCUT2D eigenvalue weighted by molar-refractivity contribution is 6.31. The number of anilines is 1. The Labute approximate surface area is 151 Å². The number of benzene rings is 1. The Morgan fingerprint density at radius 3 is 2.36 bits per heavy atom. The van der Waals surface area contributed by atoms with Gasteiger partial charge < -0.3 is 5.32 Å². The van der Waals surface area contributed by atoms with Crippen molar-refractivity contribution in [3.8, 4) is 0 Å². The maximum atomic E-state index is 12.8. The molecule has 3 fully saturated rings. The van der Waals surface area contributed by atoms with Crippen molar-refractivity contribution in [3.63, 3.8) is 0 Å². The molecule has 0 aromatic heterocycles. The first-order valence-corrected chi connectivity index (χ1v) is 9.20. The van der Waals surface area contributed by atoms with Crippen molar-refractivity contribution in [3.05, 3.63) is 28.8 Å². The van der Waals surface area contributed by atoms with Gasteiger partial charge in [-0.25, -0.2) is 0 Å². The third kappa shape index (κ3) is 2.48. The minimum atomic E-state index is -0.815. The van der Waals surface area contributed by atoms with E-state index in [9.17, 15) is 14.4 Å². The Morgan fingerprint density at radius 2 is 1.80 bits per heavy atom. The molecule has 2 bridgehead atoms. The van der Waals surface area contributed by atoms with E-state index in [1.165, 1.54) is 4.90 Å². The Morgan fingerprint density at radius 1 is 1.20 bits per heavy atom. The standard InChI is InChI=1S/C19H21ClN2O3/c1-9-3-6-13(8-14(9)20)21-17(23)10(2)22-18(24)15-11-4-5-12(7-11)16(15)19(22)25/h3,6,8,10-12,15-16H,4-5,7H2,1-2H3,(H,21,23)/t10-,11+,12+,15-,16+/m1/s1. The number of halogens is 1. The van der Waals surface area contributed by atoms with Gasteiger partial charge in [0.1, 0.15) is 6.04 Å². The number of hydrogen-bond acceptors (Lipinski definition) is 3. The van der Waals surface area contributed by atoms with Gasteiger partial charge >= 0.3 is 0 Å². The van der Waals surface area contributed by atoms with Crippen LogP contribution in [0.3, 0.4) is 0 Å². The molecular weight excluding hydrogens is 340 g/mol. The van der Waals surface area contributed by atoms with Gasteiger partial charge in [0.05, 0.1) is 11.8 Å². The fraction of sp³-hybridized carbons (Fsp3) is 0.526. The van der Waals surface area contributed by atoms with Crippen LogP contribution < -0.4 is 5.32 Å². The van der Waals surface area contributed by atoms with Crippen molar-refractivity contribution in [1.82, 2.24) is 4.90 Å². The summed E-state index contributed by atoms with van der Waals surface area (Å²) in [7, 11) is 0. The zero-order valence-electron chi connectivity index (χ0n) is 14.3. The molecule has 5 nitrogen and oxygen atoms in total. The SMILES string of the molecule is Cc1ccc(NC(=O)[C@@H](C)N2C(=O)[C@@H]3[C@H]4CC[C@@H](C4)[C@@H]3C2=O)cc1Cl. The molecule has 0 spiro atoms. The third-order valence-corrected chi connectivity index (χ3v) is 6.57. The average Bonchev–Trinajstić information content (AvgIpc) is 3.24. The van der Waals surface area contributed by atoms with E-state index in [1.807, 2.05) is 13.0 Å². The monoisotopic (exact) mass is 360 g/mol. The lowest BCUT2D eigenvalue weighted by Gasteiger charge is -2.23. The lowest BCUT2D eigenvalue weighted by Crippen LogP contribution is -2.46. The van der Waals surface area contributed by atoms with Crippen LogP contribution in [0.1, 0.15) is 31.7 Å². The van der Waals surface area contributed by atoms with Crippen LogP contribution in [0.4, 0.5) is 5.69 Å². The van der Waals surface area contributed by atoms with Crippen molar-refractivity contribution in [2.45, 2.75) is 39.2 Å². The number of carbonyl (C=O) groups excluding carboxylic acids is 3. The van der Waals surface area contributed by atoms with E-state index in [-0.39, 0.29) is 29.6 Å². The van der Waals surface area contributed by atoms with Gasteiger partial charge in [0.15, 0.2) is 0 Å². The van der Waals surface area contributed by atoms with Crippen molar-refractivity contribution < 1.29 is 14.4 Å². The summed E-state index contributed by atoms with van der Waals surface area (Å²) >= 11 is 6.08. The molecule has 0 unspecified atom stereocenters. The first kappa shape index (κ1) is 16.6. The number of rotatable bonds is 3. The maximum Gasteiger partial charge on any atom is 0.247 e. The van der Waals surface area contributed by atoms with Gasteiger partial charge in [0.25, 0.3) is 0 Å². The average molecular weight is 361 g/mol. The summed E-state index contributed by atoms with van der Waals surface area (Å²) in [6.07, 6.45) is 3.05. The molecule has 1 heterocycles. The van der Waals surface area contributed by atoms with Crippen LogP contribution in [0.15, 0.2) is 18.2 Å². The molecule has 0 radical (unpaired) electrons. The molecule has 1 aromatic rings. The number of fused-ring (bicyclic) bond motifs is 5. The molecule has 3 aliphatic rings. The normalized spacial score (nSPS) is 31.4. The van der Waals surface area contributed by atoms with Gasteiger partial charge in [-0.1, -0.05) is 17.7 Å². The predicted molar refractivity (Wildman–Crippen MR) is 93.9 cm³/mol. The molecule has 2 aliphatic carbocycles. The van der Waals surface area contributed by atoms with Gasteiger partial charge in [-0.05, 0) is 62.6 Å². The molecule has 5 atom stereocenters. The summed E-state index contributed by atoms with van der Waals surface area (Å²) < 4.78 is 0. The van der Waals surface area contributed by atoms with Crippen molar-refractivity contribution in [1.29, 1.82) is 0 Å².